The van der Waals surface area contributed by atoms with Crippen molar-refractivity contribution < 1.29 is 9.47 Å². The first kappa shape index (κ1) is 13.9. The van der Waals surface area contributed by atoms with Crippen LogP contribution in [0, 0.1) is 5.41 Å². The lowest BCUT2D eigenvalue weighted by molar-refractivity contribution is -0.00590. The summed E-state index contributed by atoms with van der Waals surface area (Å²) in [5.41, 5.74) is 0.419. The van der Waals surface area contributed by atoms with Crippen LogP contribution in [0.3, 0.4) is 0 Å². The molecule has 0 aliphatic carbocycles. The van der Waals surface area contributed by atoms with Crippen molar-refractivity contribution in [1.29, 1.82) is 0 Å². The maximum absolute atomic E-state index is 5.62. The van der Waals surface area contributed by atoms with Crippen LogP contribution in [0.2, 0.25) is 0 Å². The van der Waals surface area contributed by atoms with Crippen molar-refractivity contribution >= 4 is 0 Å². The van der Waals surface area contributed by atoms with E-state index in [2.05, 4.69) is 19.2 Å². The summed E-state index contributed by atoms with van der Waals surface area (Å²) in [7, 11) is 0. The Morgan fingerprint density at radius 2 is 1.94 bits per heavy atom. The number of rotatable bonds is 8. The van der Waals surface area contributed by atoms with Crippen molar-refractivity contribution in [3.05, 3.63) is 0 Å². The second-order valence-electron chi connectivity index (χ2n) is 4.76. The summed E-state index contributed by atoms with van der Waals surface area (Å²) in [6, 6.07) is 0. The van der Waals surface area contributed by atoms with E-state index in [1.807, 2.05) is 0 Å². The van der Waals surface area contributed by atoms with Crippen LogP contribution >= 0.6 is 0 Å². The molecular weight excluding hydrogens is 202 g/mol. The van der Waals surface area contributed by atoms with E-state index in [-0.39, 0.29) is 0 Å². The molecule has 0 spiro atoms. The molecule has 96 valence electrons. The van der Waals surface area contributed by atoms with Gasteiger partial charge in [0.1, 0.15) is 0 Å². The number of ether oxygens (including phenoxy) is 2. The molecule has 0 amide bonds. The molecule has 1 aliphatic heterocycles. The number of hydrogen-bond donors (Lipinski definition) is 1. The second kappa shape index (κ2) is 8.04. The van der Waals surface area contributed by atoms with Gasteiger partial charge in [-0.05, 0) is 37.6 Å². The molecule has 0 unspecified atom stereocenters. The van der Waals surface area contributed by atoms with Gasteiger partial charge in [-0.15, -0.1) is 0 Å². The summed E-state index contributed by atoms with van der Waals surface area (Å²) < 4.78 is 11.1. The number of nitrogens with one attached hydrogen (secondary N) is 1. The van der Waals surface area contributed by atoms with E-state index in [4.69, 9.17) is 9.47 Å². The van der Waals surface area contributed by atoms with E-state index < -0.39 is 0 Å². The Labute approximate surface area is 99.9 Å². The molecule has 3 heteroatoms. The molecule has 1 N–H and O–H groups in total. The molecule has 0 aromatic carbocycles. The molecule has 1 fully saturated rings. The first-order chi connectivity index (χ1) is 7.83. The summed E-state index contributed by atoms with van der Waals surface area (Å²) in [5, 5.41) is 3.49. The Hall–Kier alpha value is -0.120. The van der Waals surface area contributed by atoms with Crippen molar-refractivity contribution in [2.75, 3.05) is 39.5 Å². The predicted molar refractivity (Wildman–Crippen MR) is 66.8 cm³/mol. The van der Waals surface area contributed by atoms with Gasteiger partial charge in [-0.25, -0.2) is 0 Å². The van der Waals surface area contributed by atoms with Crippen LogP contribution in [0.15, 0.2) is 0 Å². The Kier molecular flexibility index (Phi) is 7.01. The van der Waals surface area contributed by atoms with Crippen molar-refractivity contribution in [1.82, 2.24) is 5.32 Å². The van der Waals surface area contributed by atoms with Gasteiger partial charge in [0.2, 0.25) is 0 Å². The fourth-order valence-electron chi connectivity index (χ4n) is 2.24. The number of hydrogen-bond acceptors (Lipinski definition) is 3. The summed E-state index contributed by atoms with van der Waals surface area (Å²) in [6.45, 7) is 10.1. The van der Waals surface area contributed by atoms with Crippen LogP contribution < -0.4 is 5.32 Å². The first-order valence-corrected chi connectivity index (χ1v) is 6.69. The van der Waals surface area contributed by atoms with Gasteiger partial charge in [-0.3, -0.25) is 0 Å². The summed E-state index contributed by atoms with van der Waals surface area (Å²) in [4.78, 5) is 0. The smallest absolute Gasteiger partial charge is 0.0471 e. The van der Waals surface area contributed by atoms with E-state index >= 15 is 0 Å². The van der Waals surface area contributed by atoms with Gasteiger partial charge >= 0.3 is 0 Å². The predicted octanol–water partition coefficient (Wildman–Crippen LogP) is 2.21. The second-order valence-corrected chi connectivity index (χ2v) is 4.76. The van der Waals surface area contributed by atoms with Crippen molar-refractivity contribution in [2.45, 2.75) is 39.5 Å². The molecule has 16 heavy (non-hydrogen) atoms. The highest BCUT2D eigenvalue weighted by molar-refractivity contribution is 4.83. The Morgan fingerprint density at radius 3 is 2.56 bits per heavy atom. The standard InChI is InChI=1S/C13H27NO2/c1-3-8-15-9-5-13(12-14-4-2)6-10-16-11-7-13/h14H,3-12H2,1-2H3. The molecule has 1 heterocycles. The fraction of sp³-hybridized carbons (Fsp3) is 1.00. The minimum Gasteiger partial charge on any atom is -0.381 e. The lowest BCUT2D eigenvalue weighted by Crippen LogP contribution is -2.40. The molecule has 0 aromatic rings. The van der Waals surface area contributed by atoms with Crippen LogP contribution in [0.4, 0.5) is 0 Å². The van der Waals surface area contributed by atoms with Crippen LogP contribution in [-0.4, -0.2) is 39.5 Å². The van der Waals surface area contributed by atoms with Crippen molar-refractivity contribution in [2.24, 2.45) is 5.41 Å². The van der Waals surface area contributed by atoms with E-state index in [1.54, 1.807) is 0 Å². The van der Waals surface area contributed by atoms with Crippen molar-refractivity contribution in [3.8, 4) is 0 Å². The average Bonchev–Trinajstić information content (AvgIpc) is 2.34. The highest BCUT2D eigenvalue weighted by Crippen LogP contribution is 2.33. The molecule has 1 rings (SSSR count). The summed E-state index contributed by atoms with van der Waals surface area (Å²) in [5.74, 6) is 0. The van der Waals surface area contributed by atoms with Gasteiger partial charge in [-0.1, -0.05) is 13.8 Å². The topological polar surface area (TPSA) is 30.5 Å². The quantitative estimate of drug-likeness (QED) is 0.647. The molecule has 0 saturated carbocycles. The SMILES string of the molecule is CCCOCCC1(CNCC)CCOCC1. The van der Waals surface area contributed by atoms with Gasteiger partial charge in [0, 0.05) is 33.0 Å². The highest BCUT2D eigenvalue weighted by Gasteiger charge is 2.31. The van der Waals surface area contributed by atoms with Gasteiger partial charge in [-0.2, -0.15) is 0 Å². The third-order valence-electron chi connectivity index (χ3n) is 3.43. The lowest BCUT2D eigenvalue weighted by atomic mass is 9.77. The average molecular weight is 229 g/mol. The fourth-order valence-corrected chi connectivity index (χ4v) is 2.24. The zero-order valence-corrected chi connectivity index (χ0v) is 10.9. The lowest BCUT2D eigenvalue weighted by Gasteiger charge is -2.37. The maximum atomic E-state index is 5.62. The third-order valence-corrected chi connectivity index (χ3v) is 3.43. The molecular formula is C13H27NO2. The van der Waals surface area contributed by atoms with Crippen LogP contribution in [-0.2, 0) is 9.47 Å². The van der Waals surface area contributed by atoms with E-state index in [1.165, 1.54) is 19.3 Å². The Balaban J connectivity index is 2.30. The van der Waals surface area contributed by atoms with E-state index in [9.17, 15) is 0 Å². The third kappa shape index (κ3) is 4.81. The summed E-state index contributed by atoms with van der Waals surface area (Å²) >= 11 is 0. The van der Waals surface area contributed by atoms with E-state index in [0.29, 0.717) is 5.41 Å². The molecule has 0 atom stereocenters. The highest BCUT2D eigenvalue weighted by atomic mass is 16.5. The van der Waals surface area contributed by atoms with Crippen LogP contribution in [0.25, 0.3) is 0 Å². The normalized spacial score (nSPS) is 19.9. The molecule has 1 saturated heterocycles. The molecule has 3 nitrogen and oxygen atoms in total. The molecule has 0 bridgehead atoms. The summed E-state index contributed by atoms with van der Waals surface area (Å²) in [6.07, 6.45) is 4.64. The first-order valence-electron chi connectivity index (χ1n) is 6.69. The van der Waals surface area contributed by atoms with Gasteiger partial charge in [0.05, 0.1) is 0 Å². The Bertz CT molecular complexity index is 167. The molecule has 1 aliphatic rings. The van der Waals surface area contributed by atoms with E-state index in [0.717, 1.165) is 45.9 Å². The molecule has 0 radical (unpaired) electrons. The Morgan fingerprint density at radius 1 is 1.19 bits per heavy atom. The van der Waals surface area contributed by atoms with Crippen molar-refractivity contribution in [3.63, 3.8) is 0 Å². The monoisotopic (exact) mass is 229 g/mol. The minimum atomic E-state index is 0.419. The van der Waals surface area contributed by atoms with Crippen LogP contribution in [0.5, 0.6) is 0 Å². The minimum absolute atomic E-state index is 0.419. The van der Waals surface area contributed by atoms with Gasteiger partial charge < -0.3 is 14.8 Å². The van der Waals surface area contributed by atoms with Gasteiger partial charge in [0.25, 0.3) is 0 Å². The zero-order valence-electron chi connectivity index (χ0n) is 10.9. The van der Waals surface area contributed by atoms with Gasteiger partial charge in [0.15, 0.2) is 0 Å². The van der Waals surface area contributed by atoms with Crippen LogP contribution in [0.1, 0.15) is 39.5 Å². The zero-order chi connectivity index (χ0) is 11.7. The molecule has 0 aromatic heterocycles. The largest absolute Gasteiger partial charge is 0.381 e. The maximum Gasteiger partial charge on any atom is 0.0471 e.